The van der Waals surface area contributed by atoms with Crippen molar-refractivity contribution in [3.8, 4) is 0 Å². The molecule has 0 heterocycles. The summed E-state index contributed by atoms with van der Waals surface area (Å²) in [6, 6.07) is 0.612. The van der Waals surface area contributed by atoms with Crippen molar-refractivity contribution in [2.24, 2.45) is 11.8 Å². The summed E-state index contributed by atoms with van der Waals surface area (Å²) >= 11 is 0. The minimum Gasteiger partial charge on any atom is -0.311 e. The molecule has 2 aliphatic carbocycles. The summed E-state index contributed by atoms with van der Waals surface area (Å²) in [7, 11) is 0. The molecule has 2 aliphatic rings. The monoisotopic (exact) mass is 249 g/mol. The molecule has 1 nitrogen and oxygen atoms in total. The fourth-order valence-electron chi connectivity index (χ4n) is 3.56. The van der Waals surface area contributed by atoms with Crippen LogP contribution in [0.3, 0.4) is 0 Å². The van der Waals surface area contributed by atoms with E-state index in [2.05, 4.69) is 25.2 Å². The molecule has 0 saturated heterocycles. The van der Waals surface area contributed by atoms with Gasteiger partial charge in [0.1, 0.15) is 0 Å². The van der Waals surface area contributed by atoms with Gasteiger partial charge in [0.25, 0.3) is 0 Å². The molecule has 1 heteroatoms. The molecule has 2 rings (SSSR count). The van der Waals surface area contributed by atoms with Gasteiger partial charge in [-0.2, -0.15) is 0 Å². The third kappa shape index (κ3) is 4.42. The molecule has 0 unspecified atom stereocenters. The van der Waals surface area contributed by atoms with Crippen LogP contribution in [0.5, 0.6) is 0 Å². The maximum Gasteiger partial charge on any atom is 0.0169 e. The second-order valence-corrected chi connectivity index (χ2v) is 6.66. The predicted octanol–water partition coefficient (Wildman–Crippen LogP) is 4.68. The van der Waals surface area contributed by atoms with Gasteiger partial charge < -0.3 is 5.32 Å². The van der Waals surface area contributed by atoms with Gasteiger partial charge >= 0.3 is 0 Å². The van der Waals surface area contributed by atoms with Gasteiger partial charge in [0.05, 0.1) is 0 Å². The molecule has 0 aromatic rings. The van der Waals surface area contributed by atoms with Crippen LogP contribution in [-0.2, 0) is 0 Å². The zero-order valence-electron chi connectivity index (χ0n) is 12.4. The third-order valence-corrected chi connectivity index (χ3v) is 4.69. The molecule has 0 bridgehead atoms. The number of allylic oxidation sites excluding steroid dienone is 1. The molecular formula is C17H31N. The summed E-state index contributed by atoms with van der Waals surface area (Å²) in [5, 5.41) is 3.65. The van der Waals surface area contributed by atoms with E-state index in [0.29, 0.717) is 6.04 Å². The van der Waals surface area contributed by atoms with Gasteiger partial charge in [-0.05, 0) is 37.5 Å². The topological polar surface area (TPSA) is 12.0 Å². The minimum absolute atomic E-state index is 0.612. The maximum absolute atomic E-state index is 3.65. The first-order valence-electron chi connectivity index (χ1n) is 8.19. The van der Waals surface area contributed by atoms with Crippen LogP contribution >= 0.6 is 0 Å². The maximum atomic E-state index is 3.65. The molecule has 2 fully saturated rings. The molecule has 0 aromatic heterocycles. The third-order valence-electron chi connectivity index (χ3n) is 4.69. The molecule has 0 aromatic carbocycles. The summed E-state index contributed by atoms with van der Waals surface area (Å²) < 4.78 is 0. The van der Waals surface area contributed by atoms with Crippen LogP contribution in [-0.4, -0.2) is 12.6 Å². The summed E-state index contributed by atoms with van der Waals surface area (Å²) in [5.74, 6) is 1.79. The van der Waals surface area contributed by atoms with Crippen molar-refractivity contribution in [3.05, 3.63) is 11.6 Å². The fraction of sp³-hybridized carbons (Fsp3) is 0.882. The Bertz CT molecular complexity index is 255. The molecule has 1 N–H and O–H groups in total. The number of rotatable bonds is 5. The van der Waals surface area contributed by atoms with Crippen molar-refractivity contribution < 1.29 is 0 Å². The summed E-state index contributed by atoms with van der Waals surface area (Å²) in [5.41, 5.74) is 1.75. The van der Waals surface area contributed by atoms with Crippen molar-refractivity contribution in [1.82, 2.24) is 5.32 Å². The zero-order chi connectivity index (χ0) is 12.8. The highest BCUT2D eigenvalue weighted by molar-refractivity contribution is 5.12. The van der Waals surface area contributed by atoms with Crippen LogP contribution in [0.2, 0.25) is 0 Å². The second-order valence-electron chi connectivity index (χ2n) is 6.66. The van der Waals surface area contributed by atoms with E-state index in [-0.39, 0.29) is 0 Å². The van der Waals surface area contributed by atoms with Crippen LogP contribution in [0.1, 0.15) is 71.6 Å². The molecule has 0 amide bonds. The Labute approximate surface area is 113 Å². The summed E-state index contributed by atoms with van der Waals surface area (Å²) in [6.07, 6.45) is 15.7. The quantitative estimate of drug-likeness (QED) is 0.698. The Kier molecular flexibility index (Phi) is 5.75. The fourth-order valence-corrected chi connectivity index (χ4v) is 3.56. The van der Waals surface area contributed by atoms with E-state index >= 15 is 0 Å². The molecule has 0 radical (unpaired) electrons. The van der Waals surface area contributed by atoms with E-state index in [4.69, 9.17) is 0 Å². The van der Waals surface area contributed by atoms with Crippen molar-refractivity contribution in [2.75, 3.05) is 6.54 Å². The van der Waals surface area contributed by atoms with E-state index < -0.39 is 0 Å². The molecule has 104 valence electrons. The number of nitrogens with one attached hydrogen (secondary N) is 1. The van der Waals surface area contributed by atoms with Crippen molar-refractivity contribution >= 4 is 0 Å². The standard InChI is InChI=1S/C17H31N/c1-14(2)18-13-17(12-15-8-6-7-9-15)16-10-4-3-5-11-16/h12,14-16,18H,3-11,13H2,1-2H3. The highest BCUT2D eigenvalue weighted by atomic mass is 14.9. The molecule has 0 atom stereocenters. The van der Waals surface area contributed by atoms with Crippen molar-refractivity contribution in [2.45, 2.75) is 77.7 Å². The van der Waals surface area contributed by atoms with Crippen LogP contribution in [0.4, 0.5) is 0 Å². The van der Waals surface area contributed by atoms with Gasteiger partial charge in [-0.3, -0.25) is 0 Å². The van der Waals surface area contributed by atoms with Crippen molar-refractivity contribution in [3.63, 3.8) is 0 Å². The number of hydrogen-bond acceptors (Lipinski definition) is 1. The Morgan fingerprint density at radius 3 is 2.22 bits per heavy atom. The average molecular weight is 249 g/mol. The molecule has 2 saturated carbocycles. The normalized spacial score (nSPS) is 24.1. The van der Waals surface area contributed by atoms with Crippen molar-refractivity contribution in [1.29, 1.82) is 0 Å². The molecular weight excluding hydrogens is 218 g/mol. The first-order chi connectivity index (χ1) is 8.75. The van der Waals surface area contributed by atoms with Gasteiger partial charge in [0.15, 0.2) is 0 Å². The highest BCUT2D eigenvalue weighted by Gasteiger charge is 2.20. The summed E-state index contributed by atoms with van der Waals surface area (Å²) in [6.45, 7) is 5.65. The van der Waals surface area contributed by atoms with Crippen LogP contribution < -0.4 is 5.32 Å². The van der Waals surface area contributed by atoms with Gasteiger partial charge in [-0.25, -0.2) is 0 Å². The smallest absolute Gasteiger partial charge is 0.0169 e. The predicted molar refractivity (Wildman–Crippen MR) is 79.8 cm³/mol. The van der Waals surface area contributed by atoms with Gasteiger partial charge in [-0.15, -0.1) is 0 Å². The first-order valence-corrected chi connectivity index (χ1v) is 8.19. The molecule has 0 spiro atoms. The van der Waals surface area contributed by atoms with E-state index in [9.17, 15) is 0 Å². The molecule has 0 aliphatic heterocycles. The lowest BCUT2D eigenvalue weighted by molar-refractivity contribution is 0.389. The Morgan fingerprint density at radius 1 is 1.00 bits per heavy atom. The lowest BCUT2D eigenvalue weighted by atomic mass is 9.82. The number of hydrogen-bond donors (Lipinski definition) is 1. The lowest BCUT2D eigenvalue weighted by Gasteiger charge is -2.26. The van der Waals surface area contributed by atoms with Gasteiger partial charge in [0.2, 0.25) is 0 Å². The average Bonchev–Trinajstić information content (AvgIpc) is 2.88. The van der Waals surface area contributed by atoms with E-state index in [1.807, 2.05) is 0 Å². The first kappa shape index (κ1) is 14.1. The largest absolute Gasteiger partial charge is 0.311 e. The Morgan fingerprint density at radius 2 is 1.61 bits per heavy atom. The Balaban J connectivity index is 1.95. The summed E-state index contributed by atoms with van der Waals surface area (Å²) in [4.78, 5) is 0. The van der Waals surface area contributed by atoms with E-state index in [0.717, 1.165) is 18.4 Å². The van der Waals surface area contributed by atoms with Crippen LogP contribution in [0, 0.1) is 11.8 Å². The van der Waals surface area contributed by atoms with Crippen LogP contribution in [0.25, 0.3) is 0 Å². The SMILES string of the molecule is CC(C)NCC(=CC1CCCC1)C1CCCCC1. The molecule has 18 heavy (non-hydrogen) atoms. The lowest BCUT2D eigenvalue weighted by Crippen LogP contribution is -2.28. The van der Waals surface area contributed by atoms with Gasteiger partial charge in [-0.1, -0.05) is 57.6 Å². The minimum atomic E-state index is 0.612. The van der Waals surface area contributed by atoms with Gasteiger partial charge in [0, 0.05) is 12.6 Å². The van der Waals surface area contributed by atoms with E-state index in [1.54, 1.807) is 5.57 Å². The Hall–Kier alpha value is -0.300. The van der Waals surface area contributed by atoms with Crippen LogP contribution in [0.15, 0.2) is 11.6 Å². The van der Waals surface area contributed by atoms with E-state index in [1.165, 1.54) is 57.8 Å². The second kappa shape index (κ2) is 7.33. The highest BCUT2D eigenvalue weighted by Crippen LogP contribution is 2.33. The zero-order valence-corrected chi connectivity index (χ0v) is 12.4.